The van der Waals surface area contributed by atoms with Crippen LogP contribution in [0.1, 0.15) is 23.2 Å². The number of likely N-dealkylation sites (tertiary alicyclic amines) is 1. The van der Waals surface area contributed by atoms with Gasteiger partial charge in [-0.05, 0) is 61.4 Å². The van der Waals surface area contributed by atoms with E-state index >= 15 is 0 Å². The second kappa shape index (κ2) is 11.3. The maximum Gasteiger partial charge on any atom is 0.343 e. The monoisotopic (exact) mass is 459 g/mol. The van der Waals surface area contributed by atoms with Gasteiger partial charge >= 0.3 is 12.0 Å². The van der Waals surface area contributed by atoms with Crippen LogP contribution >= 0.6 is 0 Å². The van der Waals surface area contributed by atoms with Crippen LogP contribution < -0.4 is 15.4 Å². The number of nitrogens with zero attached hydrogens (tertiary/aromatic N) is 1. The smallest absolute Gasteiger partial charge is 0.343 e. The Morgan fingerprint density at radius 3 is 2.48 bits per heavy atom. The lowest BCUT2D eigenvalue weighted by molar-refractivity contribution is -0.142. The predicted octanol–water partition coefficient (Wildman–Crippen LogP) is 2.16. The highest BCUT2D eigenvalue weighted by Crippen LogP contribution is 2.17. The van der Waals surface area contributed by atoms with Crippen LogP contribution in [0.4, 0.5) is 14.9 Å². The van der Waals surface area contributed by atoms with E-state index in [1.165, 1.54) is 48.4 Å². The molecular weight excluding hydrogens is 433 g/mol. The number of carbonyl (C=O) groups is 3. The summed E-state index contributed by atoms with van der Waals surface area (Å²) in [5, 5.41) is 16.0. The van der Waals surface area contributed by atoms with Gasteiger partial charge in [-0.3, -0.25) is 4.79 Å². The first-order valence-electron chi connectivity index (χ1n) is 10.5. The quantitative estimate of drug-likeness (QED) is 0.570. The number of nitrogens with one attached hydrogen (secondary N) is 2. The molecular formula is C23H26FN3O6. The van der Waals surface area contributed by atoms with Gasteiger partial charge in [0.05, 0.1) is 19.3 Å². The highest BCUT2D eigenvalue weighted by atomic mass is 19.1. The molecule has 0 saturated carbocycles. The van der Waals surface area contributed by atoms with Gasteiger partial charge in [-0.15, -0.1) is 0 Å². The average molecular weight is 459 g/mol. The van der Waals surface area contributed by atoms with Crippen molar-refractivity contribution >= 4 is 23.6 Å². The first-order valence-corrected chi connectivity index (χ1v) is 10.5. The molecule has 9 nitrogen and oxygen atoms in total. The van der Waals surface area contributed by atoms with E-state index in [-0.39, 0.29) is 13.2 Å². The first-order chi connectivity index (χ1) is 15.9. The summed E-state index contributed by atoms with van der Waals surface area (Å²) in [6.07, 6.45) is 0.169. The van der Waals surface area contributed by atoms with Gasteiger partial charge in [-0.25, -0.2) is 14.0 Å². The van der Waals surface area contributed by atoms with Crippen molar-refractivity contribution in [1.29, 1.82) is 0 Å². The molecule has 2 unspecified atom stereocenters. The fourth-order valence-electron chi connectivity index (χ4n) is 3.36. The molecule has 3 rings (SSSR count). The summed E-state index contributed by atoms with van der Waals surface area (Å²) in [5.41, 5.74) is 0.778. The number of rotatable bonds is 6. The van der Waals surface area contributed by atoms with Crippen LogP contribution in [0.25, 0.3) is 0 Å². The van der Waals surface area contributed by atoms with Crippen molar-refractivity contribution in [3.8, 4) is 5.75 Å². The minimum Gasteiger partial charge on any atom is -0.482 e. The molecule has 1 aliphatic heterocycles. The van der Waals surface area contributed by atoms with Crippen LogP contribution in [0, 0.1) is 5.82 Å². The SMILES string of the molecule is COC(=O)COc1ccc(C(=O)NC2CN(C(=O)Nc3ccc(F)cc3)CCCC2O)cc1. The zero-order valence-electron chi connectivity index (χ0n) is 18.1. The van der Waals surface area contributed by atoms with Crippen molar-refractivity contribution in [1.82, 2.24) is 10.2 Å². The second-order valence-corrected chi connectivity index (χ2v) is 7.56. The molecule has 3 amide bonds. The van der Waals surface area contributed by atoms with E-state index in [2.05, 4.69) is 15.4 Å². The Morgan fingerprint density at radius 2 is 1.82 bits per heavy atom. The topological polar surface area (TPSA) is 117 Å². The molecule has 0 spiro atoms. The van der Waals surface area contributed by atoms with Gasteiger partial charge in [0.15, 0.2) is 6.61 Å². The minimum absolute atomic E-state index is 0.111. The Balaban J connectivity index is 1.59. The third kappa shape index (κ3) is 6.91. The third-order valence-electron chi connectivity index (χ3n) is 5.21. The number of anilines is 1. The van der Waals surface area contributed by atoms with Crippen molar-refractivity contribution in [3.63, 3.8) is 0 Å². The summed E-state index contributed by atoms with van der Waals surface area (Å²) in [4.78, 5) is 38.0. The van der Waals surface area contributed by atoms with Gasteiger partial charge in [0, 0.05) is 24.3 Å². The molecule has 2 atom stereocenters. The van der Waals surface area contributed by atoms with Crippen LogP contribution in [0.2, 0.25) is 0 Å². The molecule has 1 fully saturated rings. The predicted molar refractivity (Wildman–Crippen MR) is 117 cm³/mol. The van der Waals surface area contributed by atoms with Gasteiger partial charge in [0.25, 0.3) is 5.91 Å². The molecule has 10 heteroatoms. The van der Waals surface area contributed by atoms with Crippen molar-refractivity contribution < 1.29 is 33.4 Å². The van der Waals surface area contributed by atoms with Crippen LogP contribution in [0.3, 0.4) is 0 Å². The van der Waals surface area contributed by atoms with Gasteiger partial charge < -0.3 is 30.1 Å². The van der Waals surface area contributed by atoms with Gasteiger partial charge in [-0.1, -0.05) is 0 Å². The van der Waals surface area contributed by atoms with E-state index in [1.54, 1.807) is 12.1 Å². The summed E-state index contributed by atoms with van der Waals surface area (Å²) >= 11 is 0. The van der Waals surface area contributed by atoms with E-state index in [9.17, 15) is 23.9 Å². The minimum atomic E-state index is -0.819. The number of methoxy groups -OCH3 is 1. The lowest BCUT2D eigenvalue weighted by Crippen LogP contribution is -2.50. The van der Waals surface area contributed by atoms with Gasteiger partial charge in [0.2, 0.25) is 0 Å². The summed E-state index contributed by atoms with van der Waals surface area (Å²) in [6, 6.07) is 10.5. The van der Waals surface area contributed by atoms with E-state index in [0.29, 0.717) is 36.4 Å². The van der Waals surface area contributed by atoms with Crippen LogP contribution in [-0.4, -0.2) is 66.9 Å². The Labute approximate surface area is 190 Å². The zero-order valence-corrected chi connectivity index (χ0v) is 18.1. The number of carbonyl (C=O) groups excluding carboxylic acids is 3. The number of halogens is 1. The number of amides is 3. The highest BCUT2D eigenvalue weighted by molar-refractivity contribution is 5.94. The summed E-state index contributed by atoms with van der Waals surface area (Å²) in [6.45, 7) is 0.273. The Hall–Kier alpha value is -3.66. The molecule has 2 aromatic rings. The molecule has 176 valence electrons. The number of ether oxygens (including phenoxy) is 2. The molecule has 0 radical (unpaired) electrons. The zero-order chi connectivity index (χ0) is 23.8. The van der Waals surface area contributed by atoms with Crippen molar-refractivity contribution in [3.05, 3.63) is 59.9 Å². The third-order valence-corrected chi connectivity index (χ3v) is 5.21. The highest BCUT2D eigenvalue weighted by Gasteiger charge is 2.29. The maximum atomic E-state index is 13.1. The van der Waals surface area contributed by atoms with Crippen LogP contribution in [-0.2, 0) is 9.53 Å². The number of esters is 1. The van der Waals surface area contributed by atoms with Gasteiger partial charge in [0.1, 0.15) is 11.6 Å². The molecule has 1 saturated heterocycles. The summed E-state index contributed by atoms with van der Waals surface area (Å²) in [5.74, 6) is -0.946. The molecule has 2 aromatic carbocycles. The molecule has 3 N–H and O–H groups in total. The molecule has 0 aromatic heterocycles. The molecule has 0 bridgehead atoms. The average Bonchev–Trinajstić information content (AvgIpc) is 3.00. The number of urea groups is 1. The van der Waals surface area contributed by atoms with Crippen LogP contribution in [0.15, 0.2) is 48.5 Å². The first kappa shape index (κ1) is 24.0. The number of aliphatic hydroxyl groups is 1. The Bertz CT molecular complexity index is 967. The Morgan fingerprint density at radius 1 is 1.12 bits per heavy atom. The normalized spacial score (nSPS) is 18.1. The largest absolute Gasteiger partial charge is 0.482 e. The number of hydrogen-bond acceptors (Lipinski definition) is 6. The van der Waals surface area contributed by atoms with Gasteiger partial charge in [-0.2, -0.15) is 0 Å². The number of aliphatic hydroxyl groups excluding tert-OH is 1. The molecule has 0 aliphatic carbocycles. The molecule has 33 heavy (non-hydrogen) atoms. The number of hydrogen-bond donors (Lipinski definition) is 3. The van der Waals surface area contributed by atoms with E-state index < -0.39 is 35.9 Å². The molecule has 1 heterocycles. The van der Waals surface area contributed by atoms with E-state index in [1.807, 2.05) is 0 Å². The maximum absolute atomic E-state index is 13.1. The van der Waals surface area contributed by atoms with E-state index in [4.69, 9.17) is 4.74 Å². The van der Waals surface area contributed by atoms with E-state index in [0.717, 1.165) is 0 Å². The van der Waals surface area contributed by atoms with Crippen molar-refractivity contribution in [2.45, 2.75) is 25.0 Å². The fraction of sp³-hybridized carbons (Fsp3) is 0.348. The summed E-state index contributed by atoms with van der Waals surface area (Å²) in [7, 11) is 1.26. The summed E-state index contributed by atoms with van der Waals surface area (Å²) < 4.78 is 22.8. The lowest BCUT2D eigenvalue weighted by atomic mass is 10.1. The van der Waals surface area contributed by atoms with Crippen LogP contribution in [0.5, 0.6) is 5.75 Å². The molecule has 1 aliphatic rings. The Kier molecular flexibility index (Phi) is 8.20. The standard InChI is InChI=1S/C23H26FN3O6/c1-32-21(29)14-33-18-10-4-15(5-11-18)22(30)26-19-13-27(12-2-3-20(19)28)23(31)25-17-8-6-16(24)7-9-17/h4-11,19-20,28H,2-3,12-14H2,1H3,(H,25,31)(H,26,30). The van der Waals surface area contributed by atoms with Crippen molar-refractivity contribution in [2.24, 2.45) is 0 Å². The lowest BCUT2D eigenvalue weighted by Gasteiger charge is -2.27. The number of benzene rings is 2. The second-order valence-electron chi connectivity index (χ2n) is 7.56. The van der Waals surface area contributed by atoms with Crippen molar-refractivity contribution in [2.75, 3.05) is 32.1 Å². The fourth-order valence-corrected chi connectivity index (χ4v) is 3.36.